The van der Waals surface area contributed by atoms with Gasteiger partial charge in [-0.15, -0.1) is 0 Å². The molecular formula is C12H10ClN3O2. The highest BCUT2D eigenvalue weighted by Crippen LogP contribution is 2.21. The molecule has 1 heterocycles. The first-order chi connectivity index (χ1) is 8.56. The van der Waals surface area contributed by atoms with Gasteiger partial charge in [-0.2, -0.15) is 0 Å². The Labute approximate surface area is 108 Å². The number of benzene rings is 1. The quantitative estimate of drug-likeness (QED) is 0.441. The number of pyridine rings is 1. The predicted octanol–water partition coefficient (Wildman–Crippen LogP) is 2.28. The van der Waals surface area contributed by atoms with E-state index in [1.165, 1.54) is 24.4 Å². The van der Waals surface area contributed by atoms with Crippen LogP contribution < -0.4 is 11.1 Å². The summed E-state index contributed by atoms with van der Waals surface area (Å²) in [5, 5.41) is 12.4. The Morgan fingerprint density at radius 2 is 2.11 bits per heavy atom. The van der Waals surface area contributed by atoms with Gasteiger partial charge in [-0.1, -0.05) is 11.6 Å². The Bertz CT molecular complexity index is 584. The second kappa shape index (κ2) is 4.93. The van der Waals surface area contributed by atoms with E-state index in [1.54, 1.807) is 12.1 Å². The van der Waals surface area contributed by atoms with E-state index in [2.05, 4.69) is 10.3 Å². The molecule has 0 aliphatic rings. The number of anilines is 2. The Kier molecular flexibility index (Phi) is 3.34. The normalized spacial score (nSPS) is 10.1. The largest absolute Gasteiger partial charge is 0.506 e. The van der Waals surface area contributed by atoms with Gasteiger partial charge in [0.05, 0.1) is 17.6 Å². The summed E-state index contributed by atoms with van der Waals surface area (Å²) >= 11 is 5.63. The Morgan fingerprint density at radius 1 is 1.33 bits per heavy atom. The van der Waals surface area contributed by atoms with Crippen molar-refractivity contribution < 1.29 is 9.90 Å². The minimum atomic E-state index is -0.366. The third kappa shape index (κ3) is 2.70. The summed E-state index contributed by atoms with van der Waals surface area (Å²) in [4.78, 5) is 15.7. The number of carbonyl (C=O) groups is 1. The highest BCUT2D eigenvalue weighted by molar-refractivity contribution is 6.29. The molecule has 4 N–H and O–H groups in total. The maximum absolute atomic E-state index is 11.8. The predicted molar refractivity (Wildman–Crippen MR) is 69.7 cm³/mol. The number of hydrogen-bond acceptors (Lipinski definition) is 4. The lowest BCUT2D eigenvalue weighted by Crippen LogP contribution is -2.12. The number of amides is 1. The number of phenolic OH excluding ortho intramolecular Hbond substituents is 1. The lowest BCUT2D eigenvalue weighted by atomic mass is 10.2. The number of carbonyl (C=O) groups excluding carboxylic acids is 1. The summed E-state index contributed by atoms with van der Waals surface area (Å²) in [6, 6.07) is 7.48. The molecule has 0 atom stereocenters. The van der Waals surface area contributed by atoms with Crippen LogP contribution in [0.25, 0.3) is 0 Å². The topological polar surface area (TPSA) is 88.2 Å². The number of aromatic nitrogens is 1. The molecule has 0 fully saturated rings. The van der Waals surface area contributed by atoms with Crippen molar-refractivity contribution in [1.29, 1.82) is 0 Å². The van der Waals surface area contributed by atoms with Gasteiger partial charge in [0.15, 0.2) is 0 Å². The van der Waals surface area contributed by atoms with E-state index in [0.717, 1.165) is 0 Å². The van der Waals surface area contributed by atoms with Crippen molar-refractivity contribution in [3.8, 4) is 5.75 Å². The maximum Gasteiger partial charge on any atom is 0.255 e. The van der Waals surface area contributed by atoms with Crippen molar-refractivity contribution in [2.24, 2.45) is 0 Å². The Morgan fingerprint density at radius 3 is 2.72 bits per heavy atom. The van der Waals surface area contributed by atoms with Gasteiger partial charge in [0, 0.05) is 5.56 Å². The van der Waals surface area contributed by atoms with E-state index in [-0.39, 0.29) is 17.3 Å². The molecular weight excluding hydrogens is 254 g/mol. The van der Waals surface area contributed by atoms with Gasteiger partial charge in [0.1, 0.15) is 10.9 Å². The number of phenols is 1. The zero-order valence-electron chi connectivity index (χ0n) is 9.22. The number of nitrogens with two attached hydrogens (primary N) is 1. The van der Waals surface area contributed by atoms with Gasteiger partial charge in [0.25, 0.3) is 5.91 Å². The second-order valence-corrected chi connectivity index (χ2v) is 3.98. The van der Waals surface area contributed by atoms with E-state index in [9.17, 15) is 9.90 Å². The number of aromatic hydroxyl groups is 1. The molecule has 0 saturated carbocycles. The van der Waals surface area contributed by atoms with Crippen LogP contribution in [0.3, 0.4) is 0 Å². The van der Waals surface area contributed by atoms with E-state index in [0.29, 0.717) is 16.4 Å². The lowest BCUT2D eigenvalue weighted by Gasteiger charge is -2.06. The monoisotopic (exact) mass is 263 g/mol. The van der Waals surface area contributed by atoms with E-state index < -0.39 is 0 Å². The third-order valence-electron chi connectivity index (χ3n) is 2.28. The molecule has 1 aromatic heterocycles. The van der Waals surface area contributed by atoms with Gasteiger partial charge >= 0.3 is 0 Å². The fourth-order valence-electron chi connectivity index (χ4n) is 1.34. The number of hydrogen-bond donors (Lipinski definition) is 3. The lowest BCUT2D eigenvalue weighted by molar-refractivity contribution is 0.102. The SMILES string of the molecule is Nc1ccc(C(=O)Nc2ccc(Cl)nc2)cc1O. The molecule has 6 heteroatoms. The minimum Gasteiger partial charge on any atom is -0.506 e. The van der Waals surface area contributed by atoms with Crippen molar-refractivity contribution in [2.75, 3.05) is 11.1 Å². The number of nitrogen functional groups attached to an aromatic ring is 1. The molecule has 0 aliphatic heterocycles. The summed E-state index contributed by atoms with van der Waals surface area (Å²) in [6.07, 6.45) is 1.44. The van der Waals surface area contributed by atoms with Crippen molar-refractivity contribution in [3.05, 3.63) is 47.2 Å². The van der Waals surface area contributed by atoms with E-state index >= 15 is 0 Å². The molecule has 0 spiro atoms. The fraction of sp³-hybridized carbons (Fsp3) is 0. The van der Waals surface area contributed by atoms with Crippen LogP contribution >= 0.6 is 11.6 Å². The first-order valence-corrected chi connectivity index (χ1v) is 5.45. The van der Waals surface area contributed by atoms with Crippen LogP contribution in [0.15, 0.2) is 36.5 Å². The summed E-state index contributed by atoms with van der Waals surface area (Å²) in [6.45, 7) is 0. The van der Waals surface area contributed by atoms with Gasteiger partial charge in [-0.25, -0.2) is 4.98 Å². The smallest absolute Gasteiger partial charge is 0.255 e. The number of nitrogens with one attached hydrogen (secondary N) is 1. The van der Waals surface area contributed by atoms with Crippen LogP contribution in [0.5, 0.6) is 5.75 Å². The van der Waals surface area contributed by atoms with Crippen molar-refractivity contribution in [1.82, 2.24) is 4.98 Å². The Hall–Kier alpha value is -2.27. The zero-order chi connectivity index (χ0) is 13.1. The number of nitrogens with zero attached hydrogens (tertiary/aromatic N) is 1. The van der Waals surface area contributed by atoms with Crippen LogP contribution in [0.1, 0.15) is 10.4 Å². The highest BCUT2D eigenvalue weighted by atomic mass is 35.5. The fourth-order valence-corrected chi connectivity index (χ4v) is 1.45. The van der Waals surface area contributed by atoms with Gasteiger partial charge in [-0.05, 0) is 30.3 Å². The molecule has 92 valence electrons. The second-order valence-electron chi connectivity index (χ2n) is 3.60. The first-order valence-electron chi connectivity index (χ1n) is 5.07. The minimum absolute atomic E-state index is 0.128. The van der Waals surface area contributed by atoms with E-state index in [4.69, 9.17) is 17.3 Å². The Balaban J connectivity index is 2.16. The summed E-state index contributed by atoms with van der Waals surface area (Å²) in [5.74, 6) is -0.494. The van der Waals surface area contributed by atoms with Crippen LogP contribution in [0.2, 0.25) is 5.15 Å². The first kappa shape index (κ1) is 12.2. The van der Waals surface area contributed by atoms with Gasteiger partial charge in [-0.3, -0.25) is 4.79 Å². The van der Waals surface area contributed by atoms with Crippen molar-refractivity contribution in [3.63, 3.8) is 0 Å². The summed E-state index contributed by atoms with van der Waals surface area (Å²) in [5.41, 5.74) is 6.49. The zero-order valence-corrected chi connectivity index (χ0v) is 9.98. The highest BCUT2D eigenvalue weighted by Gasteiger charge is 2.08. The molecule has 0 bridgehead atoms. The van der Waals surface area contributed by atoms with Crippen LogP contribution in [0.4, 0.5) is 11.4 Å². The third-order valence-corrected chi connectivity index (χ3v) is 2.50. The van der Waals surface area contributed by atoms with Crippen LogP contribution in [-0.2, 0) is 0 Å². The summed E-state index contributed by atoms with van der Waals surface area (Å²) < 4.78 is 0. The molecule has 1 amide bonds. The summed E-state index contributed by atoms with van der Waals surface area (Å²) in [7, 11) is 0. The molecule has 0 saturated heterocycles. The van der Waals surface area contributed by atoms with Crippen LogP contribution in [0, 0.1) is 0 Å². The average molecular weight is 264 g/mol. The van der Waals surface area contributed by atoms with Crippen molar-refractivity contribution in [2.45, 2.75) is 0 Å². The molecule has 1 aromatic carbocycles. The average Bonchev–Trinajstić information content (AvgIpc) is 2.35. The molecule has 18 heavy (non-hydrogen) atoms. The van der Waals surface area contributed by atoms with Gasteiger partial charge in [0.2, 0.25) is 0 Å². The van der Waals surface area contributed by atoms with E-state index in [1.807, 2.05) is 0 Å². The molecule has 2 rings (SSSR count). The number of halogens is 1. The molecule has 0 unspecified atom stereocenters. The molecule has 0 aliphatic carbocycles. The molecule has 5 nitrogen and oxygen atoms in total. The molecule has 2 aromatic rings. The van der Waals surface area contributed by atoms with Gasteiger partial charge < -0.3 is 16.2 Å². The van der Waals surface area contributed by atoms with Crippen molar-refractivity contribution >= 4 is 28.9 Å². The molecule has 0 radical (unpaired) electrons. The number of rotatable bonds is 2. The standard InChI is InChI=1S/C12H10ClN3O2/c13-11-4-2-8(6-15-11)16-12(18)7-1-3-9(14)10(17)5-7/h1-6,17H,14H2,(H,16,18). The maximum atomic E-state index is 11.8. The van der Waals surface area contributed by atoms with Crippen LogP contribution in [-0.4, -0.2) is 16.0 Å².